The number of hydrogen-bond donors (Lipinski definition) is 1. The minimum absolute atomic E-state index is 0.139. The summed E-state index contributed by atoms with van der Waals surface area (Å²) < 4.78 is 15.3. The van der Waals surface area contributed by atoms with Crippen LogP contribution in [-0.2, 0) is 6.42 Å². The van der Waals surface area contributed by atoms with Gasteiger partial charge in [0.2, 0.25) is 5.89 Å². The molecule has 0 unspecified atom stereocenters. The average Bonchev–Trinajstić information content (AvgIpc) is 2.74. The SMILES string of the molecule is COc1ccc(Cc2nc(N)no2)cc1OC. The van der Waals surface area contributed by atoms with Gasteiger partial charge in [0.1, 0.15) is 0 Å². The number of methoxy groups -OCH3 is 2. The van der Waals surface area contributed by atoms with Crippen LogP contribution in [0.2, 0.25) is 0 Å². The highest BCUT2D eigenvalue weighted by molar-refractivity contribution is 5.43. The fourth-order valence-electron chi connectivity index (χ4n) is 1.51. The Morgan fingerprint density at radius 3 is 2.59 bits per heavy atom. The predicted octanol–water partition coefficient (Wildman–Crippen LogP) is 1.26. The molecule has 0 saturated carbocycles. The van der Waals surface area contributed by atoms with Gasteiger partial charge < -0.3 is 19.7 Å². The first-order chi connectivity index (χ1) is 8.22. The summed E-state index contributed by atoms with van der Waals surface area (Å²) in [5, 5.41) is 3.52. The molecular weight excluding hydrogens is 222 g/mol. The highest BCUT2D eigenvalue weighted by Gasteiger charge is 2.08. The lowest BCUT2D eigenvalue weighted by atomic mass is 10.1. The maximum absolute atomic E-state index is 5.37. The Balaban J connectivity index is 2.22. The lowest BCUT2D eigenvalue weighted by Crippen LogP contribution is -1.94. The molecule has 0 bridgehead atoms. The third kappa shape index (κ3) is 2.47. The standard InChI is InChI=1S/C11H13N3O3/c1-15-8-4-3-7(5-9(8)16-2)6-10-13-11(12)14-17-10/h3-5H,6H2,1-2H3,(H2,12,14). The summed E-state index contributed by atoms with van der Waals surface area (Å²) in [5.74, 6) is 1.95. The van der Waals surface area contributed by atoms with E-state index >= 15 is 0 Å². The van der Waals surface area contributed by atoms with Gasteiger partial charge in [0.05, 0.1) is 20.6 Å². The monoisotopic (exact) mass is 235 g/mol. The van der Waals surface area contributed by atoms with Gasteiger partial charge in [-0.2, -0.15) is 4.98 Å². The van der Waals surface area contributed by atoms with E-state index in [0.29, 0.717) is 23.8 Å². The number of hydrogen-bond acceptors (Lipinski definition) is 6. The molecule has 2 rings (SSSR count). The van der Waals surface area contributed by atoms with Gasteiger partial charge in [-0.25, -0.2) is 0 Å². The van der Waals surface area contributed by atoms with Crippen LogP contribution in [0.5, 0.6) is 11.5 Å². The molecule has 0 aliphatic heterocycles. The van der Waals surface area contributed by atoms with Crippen molar-refractivity contribution in [3.63, 3.8) is 0 Å². The zero-order valence-corrected chi connectivity index (χ0v) is 9.64. The summed E-state index contributed by atoms with van der Waals surface area (Å²) in [7, 11) is 3.18. The molecule has 2 N–H and O–H groups in total. The van der Waals surface area contributed by atoms with E-state index in [4.69, 9.17) is 19.7 Å². The lowest BCUT2D eigenvalue weighted by molar-refractivity contribution is 0.354. The van der Waals surface area contributed by atoms with Crippen LogP contribution in [0.15, 0.2) is 22.7 Å². The maximum Gasteiger partial charge on any atom is 0.260 e. The zero-order chi connectivity index (χ0) is 12.3. The van der Waals surface area contributed by atoms with E-state index in [1.54, 1.807) is 14.2 Å². The maximum atomic E-state index is 5.37. The number of nitrogens with zero attached hydrogens (tertiary/aromatic N) is 2. The van der Waals surface area contributed by atoms with Crippen molar-refractivity contribution in [1.82, 2.24) is 10.1 Å². The molecule has 0 amide bonds. The van der Waals surface area contributed by atoms with E-state index in [-0.39, 0.29) is 5.95 Å². The van der Waals surface area contributed by atoms with E-state index in [9.17, 15) is 0 Å². The topological polar surface area (TPSA) is 83.4 Å². The second-order valence-corrected chi connectivity index (χ2v) is 3.41. The smallest absolute Gasteiger partial charge is 0.260 e. The molecule has 6 heteroatoms. The number of aromatic nitrogens is 2. The Bertz CT molecular complexity index is 510. The van der Waals surface area contributed by atoms with Crippen LogP contribution >= 0.6 is 0 Å². The molecule has 0 spiro atoms. The van der Waals surface area contributed by atoms with Crippen molar-refractivity contribution in [2.24, 2.45) is 0 Å². The van der Waals surface area contributed by atoms with E-state index in [0.717, 1.165) is 5.56 Å². The lowest BCUT2D eigenvalue weighted by Gasteiger charge is -2.08. The molecule has 1 aromatic carbocycles. The van der Waals surface area contributed by atoms with Crippen molar-refractivity contribution < 1.29 is 14.0 Å². The predicted molar refractivity (Wildman–Crippen MR) is 61.1 cm³/mol. The number of nitrogen functional groups attached to an aromatic ring is 1. The van der Waals surface area contributed by atoms with Gasteiger partial charge in [-0.3, -0.25) is 0 Å². The molecule has 0 aliphatic carbocycles. The molecule has 90 valence electrons. The second kappa shape index (κ2) is 4.73. The van der Waals surface area contributed by atoms with Crippen molar-refractivity contribution in [1.29, 1.82) is 0 Å². The van der Waals surface area contributed by atoms with Crippen LogP contribution in [0, 0.1) is 0 Å². The third-order valence-corrected chi connectivity index (χ3v) is 2.29. The summed E-state index contributed by atoms with van der Waals surface area (Å²) in [6.45, 7) is 0. The highest BCUT2D eigenvalue weighted by Crippen LogP contribution is 2.28. The molecule has 0 atom stereocenters. The summed E-state index contributed by atoms with van der Waals surface area (Å²) in [5.41, 5.74) is 6.35. The zero-order valence-electron chi connectivity index (χ0n) is 9.64. The van der Waals surface area contributed by atoms with Gasteiger partial charge in [-0.1, -0.05) is 6.07 Å². The highest BCUT2D eigenvalue weighted by atomic mass is 16.5. The van der Waals surface area contributed by atoms with E-state index in [1.165, 1.54) is 0 Å². The van der Waals surface area contributed by atoms with Crippen molar-refractivity contribution in [2.45, 2.75) is 6.42 Å². The van der Waals surface area contributed by atoms with Crippen LogP contribution in [0.4, 0.5) is 5.95 Å². The number of rotatable bonds is 4. The fourth-order valence-corrected chi connectivity index (χ4v) is 1.51. The Kier molecular flexibility index (Phi) is 3.13. The Labute approximate surface area is 98.3 Å². The van der Waals surface area contributed by atoms with Crippen LogP contribution in [-0.4, -0.2) is 24.4 Å². The number of nitrogens with two attached hydrogens (primary N) is 1. The third-order valence-electron chi connectivity index (χ3n) is 2.29. The molecule has 1 aromatic heterocycles. The van der Waals surface area contributed by atoms with E-state index in [2.05, 4.69) is 10.1 Å². The molecule has 0 saturated heterocycles. The van der Waals surface area contributed by atoms with Gasteiger partial charge in [-0.15, -0.1) is 0 Å². The van der Waals surface area contributed by atoms with Gasteiger partial charge in [0.15, 0.2) is 11.5 Å². The summed E-state index contributed by atoms with van der Waals surface area (Å²) >= 11 is 0. The number of benzene rings is 1. The Hall–Kier alpha value is -2.24. The summed E-state index contributed by atoms with van der Waals surface area (Å²) in [6, 6.07) is 5.59. The van der Waals surface area contributed by atoms with Gasteiger partial charge in [0, 0.05) is 0 Å². The normalized spacial score (nSPS) is 10.2. The molecule has 2 aromatic rings. The first-order valence-electron chi connectivity index (χ1n) is 5.02. The van der Waals surface area contributed by atoms with Crippen LogP contribution in [0.1, 0.15) is 11.5 Å². The quantitative estimate of drug-likeness (QED) is 0.858. The van der Waals surface area contributed by atoms with E-state index in [1.807, 2.05) is 18.2 Å². The molecule has 0 fully saturated rings. The molecule has 17 heavy (non-hydrogen) atoms. The Morgan fingerprint density at radius 2 is 2.00 bits per heavy atom. The first kappa shape index (κ1) is 11.3. The van der Waals surface area contributed by atoms with Crippen molar-refractivity contribution in [2.75, 3.05) is 20.0 Å². The minimum atomic E-state index is 0.139. The number of ether oxygens (including phenoxy) is 2. The fraction of sp³-hybridized carbons (Fsp3) is 0.273. The van der Waals surface area contributed by atoms with Crippen LogP contribution in [0.25, 0.3) is 0 Å². The largest absolute Gasteiger partial charge is 0.493 e. The Morgan fingerprint density at radius 1 is 1.24 bits per heavy atom. The molecule has 1 heterocycles. The first-order valence-corrected chi connectivity index (χ1v) is 5.02. The molecule has 0 radical (unpaired) electrons. The van der Waals surface area contributed by atoms with Crippen LogP contribution < -0.4 is 15.2 Å². The van der Waals surface area contributed by atoms with Gasteiger partial charge in [0.25, 0.3) is 5.95 Å². The van der Waals surface area contributed by atoms with Crippen molar-refractivity contribution >= 4 is 5.95 Å². The second-order valence-electron chi connectivity index (χ2n) is 3.41. The minimum Gasteiger partial charge on any atom is -0.493 e. The van der Waals surface area contributed by atoms with Crippen molar-refractivity contribution in [3.05, 3.63) is 29.7 Å². The number of anilines is 1. The van der Waals surface area contributed by atoms with Crippen molar-refractivity contribution in [3.8, 4) is 11.5 Å². The van der Waals surface area contributed by atoms with E-state index < -0.39 is 0 Å². The molecule has 0 aliphatic rings. The van der Waals surface area contributed by atoms with Gasteiger partial charge >= 0.3 is 0 Å². The summed E-state index contributed by atoms with van der Waals surface area (Å²) in [4.78, 5) is 3.93. The summed E-state index contributed by atoms with van der Waals surface area (Å²) in [6.07, 6.45) is 0.505. The molecular formula is C11H13N3O3. The molecule has 6 nitrogen and oxygen atoms in total. The van der Waals surface area contributed by atoms with Gasteiger partial charge in [-0.05, 0) is 22.9 Å². The van der Waals surface area contributed by atoms with Crippen LogP contribution in [0.3, 0.4) is 0 Å². The average molecular weight is 235 g/mol.